The summed E-state index contributed by atoms with van der Waals surface area (Å²) in [5.41, 5.74) is 0. The fourth-order valence-corrected chi connectivity index (χ4v) is 5.05. The van der Waals surface area contributed by atoms with E-state index in [9.17, 15) is 0 Å². The van der Waals surface area contributed by atoms with Crippen molar-refractivity contribution < 1.29 is 0 Å². The molecule has 1 aliphatic carbocycles. The van der Waals surface area contributed by atoms with E-state index in [4.69, 9.17) is 16.6 Å². The molecule has 1 saturated heterocycles. The quantitative estimate of drug-likeness (QED) is 0.535. The molecule has 1 aromatic carbocycles. The van der Waals surface area contributed by atoms with Crippen LogP contribution in [0.1, 0.15) is 32.1 Å². The zero-order chi connectivity index (χ0) is 15.2. The van der Waals surface area contributed by atoms with Gasteiger partial charge in [0.05, 0.1) is 6.54 Å². The smallest absolute Gasteiger partial charge is 0.159 e. The summed E-state index contributed by atoms with van der Waals surface area (Å²) < 4.78 is 0. The standard InChI is InChI=1S/C17H23ClN2S2/c18-14-6-8-16(9-7-14)21-12-10-19-17-20(11-13-22-17)15-4-2-1-3-5-15/h6-9,15H,1-5,10-13H2. The Labute approximate surface area is 147 Å². The third-order valence-electron chi connectivity index (χ3n) is 4.25. The maximum absolute atomic E-state index is 5.91. The summed E-state index contributed by atoms with van der Waals surface area (Å²) in [4.78, 5) is 8.72. The fourth-order valence-electron chi connectivity index (χ4n) is 3.12. The molecule has 2 aliphatic rings. The predicted octanol–water partition coefficient (Wildman–Crippen LogP) is 5.17. The van der Waals surface area contributed by atoms with Crippen molar-refractivity contribution in [1.29, 1.82) is 0 Å². The Morgan fingerprint density at radius 2 is 1.95 bits per heavy atom. The van der Waals surface area contributed by atoms with Gasteiger partial charge >= 0.3 is 0 Å². The van der Waals surface area contributed by atoms with Gasteiger partial charge in [0.15, 0.2) is 5.17 Å². The molecule has 1 aromatic rings. The molecule has 1 heterocycles. The lowest BCUT2D eigenvalue weighted by molar-refractivity contribution is 0.261. The van der Waals surface area contributed by atoms with E-state index in [0.717, 1.165) is 23.4 Å². The molecule has 1 aliphatic heterocycles. The van der Waals surface area contributed by atoms with Gasteiger partial charge in [0.25, 0.3) is 0 Å². The molecule has 5 heteroatoms. The molecule has 120 valence electrons. The van der Waals surface area contributed by atoms with Crippen molar-refractivity contribution in [2.24, 2.45) is 4.99 Å². The first-order valence-corrected chi connectivity index (χ1v) is 10.5. The van der Waals surface area contributed by atoms with Gasteiger partial charge in [0.1, 0.15) is 0 Å². The van der Waals surface area contributed by atoms with Crippen LogP contribution in [0.3, 0.4) is 0 Å². The number of rotatable bonds is 5. The van der Waals surface area contributed by atoms with E-state index in [2.05, 4.69) is 17.0 Å². The number of hydrogen-bond acceptors (Lipinski definition) is 3. The van der Waals surface area contributed by atoms with Crippen molar-refractivity contribution in [3.63, 3.8) is 0 Å². The average Bonchev–Trinajstić information content (AvgIpc) is 3.02. The van der Waals surface area contributed by atoms with Gasteiger partial charge in [0.2, 0.25) is 0 Å². The van der Waals surface area contributed by atoms with Crippen LogP contribution in [0, 0.1) is 0 Å². The van der Waals surface area contributed by atoms with Crippen LogP contribution in [0.4, 0.5) is 0 Å². The Hall–Kier alpha value is -0.320. The van der Waals surface area contributed by atoms with Gasteiger partial charge in [-0.2, -0.15) is 0 Å². The van der Waals surface area contributed by atoms with Crippen molar-refractivity contribution in [2.75, 3.05) is 24.6 Å². The maximum Gasteiger partial charge on any atom is 0.159 e. The molecule has 0 N–H and O–H groups in total. The minimum Gasteiger partial charge on any atom is -0.348 e. The highest BCUT2D eigenvalue weighted by Crippen LogP contribution is 2.29. The van der Waals surface area contributed by atoms with E-state index in [1.165, 1.54) is 54.5 Å². The third kappa shape index (κ3) is 4.59. The molecule has 0 amide bonds. The summed E-state index contributed by atoms with van der Waals surface area (Å²) in [6.07, 6.45) is 6.93. The van der Waals surface area contributed by atoms with Crippen LogP contribution in [-0.2, 0) is 0 Å². The molecule has 1 saturated carbocycles. The Bertz CT molecular complexity index is 498. The van der Waals surface area contributed by atoms with Crippen LogP contribution in [0.2, 0.25) is 5.02 Å². The van der Waals surface area contributed by atoms with Gasteiger partial charge in [-0.1, -0.05) is 42.6 Å². The number of halogens is 1. The fraction of sp³-hybridized carbons (Fsp3) is 0.588. The van der Waals surface area contributed by atoms with Crippen LogP contribution >= 0.6 is 35.1 Å². The van der Waals surface area contributed by atoms with E-state index in [0.29, 0.717) is 0 Å². The first-order valence-electron chi connectivity index (χ1n) is 8.15. The van der Waals surface area contributed by atoms with Crippen LogP contribution in [-0.4, -0.2) is 40.7 Å². The van der Waals surface area contributed by atoms with Gasteiger partial charge in [-0.25, -0.2) is 0 Å². The van der Waals surface area contributed by atoms with Crippen LogP contribution in [0.25, 0.3) is 0 Å². The van der Waals surface area contributed by atoms with Crippen molar-refractivity contribution in [3.05, 3.63) is 29.3 Å². The van der Waals surface area contributed by atoms with E-state index in [1.807, 2.05) is 35.7 Å². The molecule has 3 rings (SSSR count). The normalized spacial score (nSPS) is 21.7. The second-order valence-electron chi connectivity index (χ2n) is 5.80. The van der Waals surface area contributed by atoms with Crippen molar-refractivity contribution in [3.8, 4) is 0 Å². The molecule has 0 radical (unpaired) electrons. The highest BCUT2D eigenvalue weighted by molar-refractivity contribution is 8.14. The van der Waals surface area contributed by atoms with Crippen LogP contribution in [0.15, 0.2) is 34.2 Å². The van der Waals surface area contributed by atoms with Crippen LogP contribution < -0.4 is 0 Å². The molecule has 0 spiro atoms. The Morgan fingerprint density at radius 1 is 1.18 bits per heavy atom. The zero-order valence-corrected chi connectivity index (χ0v) is 15.2. The number of hydrogen-bond donors (Lipinski definition) is 0. The van der Waals surface area contributed by atoms with Gasteiger partial charge in [-0.15, -0.1) is 11.8 Å². The monoisotopic (exact) mass is 354 g/mol. The predicted molar refractivity (Wildman–Crippen MR) is 101 cm³/mol. The second-order valence-corrected chi connectivity index (χ2v) is 8.47. The number of thioether (sulfide) groups is 2. The van der Waals surface area contributed by atoms with Crippen molar-refractivity contribution in [2.45, 2.75) is 43.0 Å². The van der Waals surface area contributed by atoms with Gasteiger partial charge < -0.3 is 4.90 Å². The zero-order valence-electron chi connectivity index (χ0n) is 12.8. The molecule has 2 fully saturated rings. The highest BCUT2D eigenvalue weighted by atomic mass is 35.5. The topological polar surface area (TPSA) is 15.6 Å². The minimum absolute atomic E-state index is 0.756. The largest absolute Gasteiger partial charge is 0.348 e. The lowest BCUT2D eigenvalue weighted by Gasteiger charge is -2.32. The molecule has 0 bridgehead atoms. The molecular formula is C17H23ClN2S2. The van der Waals surface area contributed by atoms with E-state index in [-0.39, 0.29) is 0 Å². The summed E-state index contributed by atoms with van der Waals surface area (Å²) in [7, 11) is 0. The van der Waals surface area contributed by atoms with E-state index >= 15 is 0 Å². The summed E-state index contributed by atoms with van der Waals surface area (Å²) in [5.74, 6) is 2.24. The molecule has 0 aromatic heterocycles. The molecule has 2 nitrogen and oxygen atoms in total. The number of nitrogens with zero attached hydrogens (tertiary/aromatic N) is 2. The Kier molecular flexibility index (Phi) is 6.40. The Morgan fingerprint density at radius 3 is 2.73 bits per heavy atom. The number of aliphatic imine (C=N–C) groups is 1. The van der Waals surface area contributed by atoms with Gasteiger partial charge in [-0.05, 0) is 37.1 Å². The lowest BCUT2D eigenvalue weighted by Crippen LogP contribution is -2.37. The molecular weight excluding hydrogens is 332 g/mol. The summed E-state index contributed by atoms with van der Waals surface area (Å²) in [5, 5.41) is 2.10. The van der Waals surface area contributed by atoms with Crippen LogP contribution in [0.5, 0.6) is 0 Å². The van der Waals surface area contributed by atoms with E-state index in [1.54, 1.807) is 0 Å². The van der Waals surface area contributed by atoms with Gasteiger partial charge in [-0.3, -0.25) is 4.99 Å². The Balaban J connectivity index is 1.47. The first-order chi connectivity index (χ1) is 10.8. The third-order valence-corrected chi connectivity index (χ3v) is 6.50. The van der Waals surface area contributed by atoms with Gasteiger partial charge in [0, 0.05) is 34.0 Å². The second kappa shape index (κ2) is 8.51. The summed E-state index contributed by atoms with van der Waals surface area (Å²) in [6.45, 7) is 2.09. The summed E-state index contributed by atoms with van der Waals surface area (Å²) >= 11 is 9.71. The molecule has 0 unspecified atom stereocenters. The summed E-state index contributed by atoms with van der Waals surface area (Å²) in [6, 6.07) is 8.82. The molecule has 0 atom stereocenters. The van der Waals surface area contributed by atoms with Crippen molar-refractivity contribution in [1.82, 2.24) is 4.90 Å². The average molecular weight is 355 g/mol. The SMILES string of the molecule is Clc1ccc(SCCN=C2SCCN2C2CCCCC2)cc1. The minimum atomic E-state index is 0.756. The molecule has 22 heavy (non-hydrogen) atoms. The highest BCUT2D eigenvalue weighted by Gasteiger charge is 2.27. The maximum atomic E-state index is 5.91. The lowest BCUT2D eigenvalue weighted by atomic mass is 9.94. The number of benzene rings is 1. The van der Waals surface area contributed by atoms with Crippen molar-refractivity contribution >= 4 is 40.3 Å². The van der Waals surface area contributed by atoms with E-state index < -0.39 is 0 Å². The number of amidine groups is 1. The first kappa shape index (κ1) is 16.5.